The molecule has 1 aliphatic rings. The number of halogens is 2. The largest absolute Gasteiger partial charge is 0.488 e. The van der Waals surface area contributed by atoms with Crippen LogP contribution in [0.25, 0.3) is 0 Å². The summed E-state index contributed by atoms with van der Waals surface area (Å²) >= 11 is 0. The van der Waals surface area contributed by atoms with Crippen LogP contribution in [-0.4, -0.2) is 75.9 Å². The Labute approximate surface area is 243 Å². The molecule has 0 aliphatic carbocycles. The topological polar surface area (TPSA) is 133 Å². The number of fused-ring (bicyclic) bond motifs is 1. The Morgan fingerprint density at radius 2 is 1.57 bits per heavy atom. The lowest BCUT2D eigenvalue weighted by molar-refractivity contribution is 0.0387. The molecule has 0 spiro atoms. The van der Waals surface area contributed by atoms with E-state index in [4.69, 9.17) is 4.74 Å². The summed E-state index contributed by atoms with van der Waals surface area (Å²) in [7, 11) is -6.78. The van der Waals surface area contributed by atoms with Crippen molar-refractivity contribution in [1.29, 1.82) is 0 Å². The van der Waals surface area contributed by atoms with Crippen molar-refractivity contribution in [3.05, 3.63) is 83.9 Å². The number of aliphatic hydroxyl groups excluding tert-OH is 1. The van der Waals surface area contributed by atoms with E-state index >= 15 is 0 Å². The maximum atomic E-state index is 13.6. The molecule has 14 heteroatoms. The highest BCUT2D eigenvalue weighted by Gasteiger charge is 2.35. The van der Waals surface area contributed by atoms with E-state index in [2.05, 4.69) is 4.72 Å². The Bertz CT molecular complexity index is 1650. The van der Waals surface area contributed by atoms with Gasteiger partial charge in [0.05, 0.1) is 34.5 Å². The number of anilines is 1. The number of nitrogens with zero attached hydrogens (tertiary/aromatic N) is 2. The molecule has 226 valence electrons. The van der Waals surface area contributed by atoms with Crippen LogP contribution in [0.2, 0.25) is 0 Å². The molecule has 0 fully saturated rings. The van der Waals surface area contributed by atoms with Crippen LogP contribution in [0.5, 0.6) is 5.75 Å². The third-order valence-corrected chi connectivity index (χ3v) is 10.2. The highest BCUT2D eigenvalue weighted by molar-refractivity contribution is 7.92. The standard InChI is InChI=1S/C28H31F2N3O7S2/c1-18-15-33(19(2)17-34)28(35)25-14-22(31-41(36,37)23-9-4-20(29)5-10-23)8-13-26(25)40-27(18)16-32(3)42(38,39)24-11-6-21(30)7-12-24/h4-14,18-19,27,31,34H,15-17H2,1-3H3/t18-,19-,27-/m1/s1. The van der Waals surface area contributed by atoms with Crippen molar-refractivity contribution in [2.75, 3.05) is 31.5 Å². The summed E-state index contributed by atoms with van der Waals surface area (Å²) in [6, 6.07) is 12.1. The number of benzene rings is 3. The number of carbonyl (C=O) groups is 1. The van der Waals surface area contributed by atoms with Crippen molar-refractivity contribution in [2.45, 2.75) is 35.8 Å². The van der Waals surface area contributed by atoms with E-state index < -0.39 is 55.7 Å². The van der Waals surface area contributed by atoms with Gasteiger partial charge >= 0.3 is 0 Å². The van der Waals surface area contributed by atoms with Crippen LogP contribution in [-0.2, 0) is 20.0 Å². The normalized spacial score (nSPS) is 18.5. The van der Waals surface area contributed by atoms with Crippen LogP contribution in [0, 0.1) is 17.6 Å². The number of aliphatic hydroxyl groups is 1. The lowest BCUT2D eigenvalue weighted by Crippen LogP contribution is -2.50. The van der Waals surface area contributed by atoms with Gasteiger partial charge in [0.1, 0.15) is 23.5 Å². The zero-order valence-electron chi connectivity index (χ0n) is 23.1. The Morgan fingerprint density at radius 3 is 2.14 bits per heavy atom. The highest BCUT2D eigenvalue weighted by Crippen LogP contribution is 2.32. The third kappa shape index (κ3) is 6.72. The summed E-state index contributed by atoms with van der Waals surface area (Å²) in [5.74, 6) is -2.02. The van der Waals surface area contributed by atoms with E-state index in [1.807, 2.05) is 0 Å². The maximum absolute atomic E-state index is 13.6. The van der Waals surface area contributed by atoms with E-state index in [1.165, 1.54) is 30.1 Å². The Balaban J connectivity index is 1.68. The SMILES string of the molecule is C[C@@H]1CN([C@H](C)CO)C(=O)c2cc(NS(=O)(=O)c3ccc(F)cc3)ccc2O[C@@H]1CN(C)S(=O)(=O)c1ccc(F)cc1. The molecule has 0 saturated carbocycles. The summed E-state index contributed by atoms with van der Waals surface area (Å²) in [6.07, 6.45) is -0.771. The molecule has 0 radical (unpaired) electrons. The van der Waals surface area contributed by atoms with Gasteiger partial charge in [-0.1, -0.05) is 6.92 Å². The Kier molecular flexibility index (Phi) is 9.21. The van der Waals surface area contributed by atoms with Gasteiger partial charge < -0.3 is 14.7 Å². The minimum atomic E-state index is -4.13. The van der Waals surface area contributed by atoms with Crippen LogP contribution in [0.15, 0.2) is 76.5 Å². The van der Waals surface area contributed by atoms with E-state index in [0.29, 0.717) is 0 Å². The van der Waals surface area contributed by atoms with Crippen molar-refractivity contribution in [3.8, 4) is 5.75 Å². The predicted molar refractivity (Wildman–Crippen MR) is 151 cm³/mol. The molecule has 0 unspecified atom stereocenters. The quantitative estimate of drug-likeness (QED) is 0.374. The smallest absolute Gasteiger partial charge is 0.261 e. The summed E-state index contributed by atoms with van der Waals surface area (Å²) in [5.41, 5.74) is 0.0309. The van der Waals surface area contributed by atoms with Gasteiger partial charge in [-0.2, -0.15) is 4.31 Å². The molecule has 0 aromatic heterocycles. The summed E-state index contributed by atoms with van der Waals surface area (Å²) in [6.45, 7) is 3.04. The first-order valence-corrected chi connectivity index (χ1v) is 15.9. The zero-order valence-corrected chi connectivity index (χ0v) is 24.7. The van der Waals surface area contributed by atoms with Crippen LogP contribution in [0.3, 0.4) is 0 Å². The molecule has 4 rings (SSSR count). The van der Waals surface area contributed by atoms with E-state index in [0.717, 1.165) is 52.8 Å². The lowest BCUT2D eigenvalue weighted by atomic mass is 9.99. The molecule has 42 heavy (non-hydrogen) atoms. The first-order chi connectivity index (χ1) is 19.7. The van der Waals surface area contributed by atoms with Gasteiger partial charge in [-0.15, -0.1) is 0 Å². The van der Waals surface area contributed by atoms with Crippen molar-refractivity contribution < 1.29 is 40.3 Å². The number of carbonyl (C=O) groups excluding carboxylic acids is 1. The van der Waals surface area contributed by atoms with E-state index in [1.54, 1.807) is 13.8 Å². The van der Waals surface area contributed by atoms with Gasteiger partial charge in [0.15, 0.2) is 0 Å². The Morgan fingerprint density at radius 1 is 1.00 bits per heavy atom. The van der Waals surface area contributed by atoms with E-state index in [9.17, 15) is 35.5 Å². The minimum Gasteiger partial charge on any atom is -0.488 e. The van der Waals surface area contributed by atoms with Crippen LogP contribution in [0.4, 0.5) is 14.5 Å². The van der Waals surface area contributed by atoms with Gasteiger partial charge in [-0.25, -0.2) is 25.6 Å². The molecule has 0 saturated heterocycles. The second kappa shape index (κ2) is 12.3. The van der Waals surface area contributed by atoms with Gasteiger partial charge in [-0.3, -0.25) is 9.52 Å². The predicted octanol–water partition coefficient (Wildman–Crippen LogP) is 3.31. The second-order valence-electron chi connectivity index (χ2n) is 10.1. The average Bonchev–Trinajstić information content (AvgIpc) is 2.95. The molecule has 3 aromatic carbocycles. The Hall–Kier alpha value is -3.59. The number of nitrogens with one attached hydrogen (secondary N) is 1. The number of hydrogen-bond acceptors (Lipinski definition) is 7. The summed E-state index contributed by atoms with van der Waals surface area (Å²) in [4.78, 5) is 14.8. The van der Waals surface area contributed by atoms with Crippen molar-refractivity contribution >= 4 is 31.6 Å². The fraction of sp³-hybridized carbons (Fsp3) is 0.321. The highest BCUT2D eigenvalue weighted by atomic mass is 32.2. The number of ether oxygens (including phenoxy) is 1. The number of amides is 1. The first kappa shape index (κ1) is 31.3. The molecule has 10 nitrogen and oxygen atoms in total. The van der Waals surface area contributed by atoms with Crippen molar-refractivity contribution in [1.82, 2.24) is 9.21 Å². The second-order valence-corrected chi connectivity index (χ2v) is 13.9. The zero-order chi connectivity index (χ0) is 30.8. The van der Waals surface area contributed by atoms with Gasteiger partial charge in [0, 0.05) is 25.2 Å². The third-order valence-electron chi connectivity index (χ3n) is 7.00. The van der Waals surface area contributed by atoms with Crippen LogP contribution < -0.4 is 9.46 Å². The number of likely N-dealkylation sites (N-methyl/N-ethyl adjacent to an activating group) is 1. The maximum Gasteiger partial charge on any atom is 0.261 e. The average molecular weight is 624 g/mol. The first-order valence-electron chi connectivity index (χ1n) is 13.0. The van der Waals surface area contributed by atoms with Crippen LogP contribution in [0.1, 0.15) is 24.2 Å². The fourth-order valence-corrected chi connectivity index (χ4v) is 6.70. The van der Waals surface area contributed by atoms with Crippen molar-refractivity contribution in [3.63, 3.8) is 0 Å². The van der Waals surface area contributed by atoms with Gasteiger partial charge in [-0.05, 0) is 73.7 Å². The molecule has 2 N–H and O–H groups in total. The fourth-order valence-electron chi connectivity index (χ4n) is 4.47. The molecular formula is C28H31F2N3O7S2. The van der Waals surface area contributed by atoms with E-state index in [-0.39, 0.29) is 46.5 Å². The van der Waals surface area contributed by atoms with Gasteiger partial charge in [0.2, 0.25) is 10.0 Å². The molecule has 1 heterocycles. The van der Waals surface area contributed by atoms with Gasteiger partial charge in [0.25, 0.3) is 15.9 Å². The minimum absolute atomic E-state index is 0.00412. The molecular weight excluding hydrogens is 592 g/mol. The summed E-state index contributed by atoms with van der Waals surface area (Å²) < 4.78 is 88.4. The van der Waals surface area contributed by atoms with Crippen LogP contribution >= 0.6 is 0 Å². The molecule has 1 aliphatic heterocycles. The molecule has 0 bridgehead atoms. The number of rotatable bonds is 9. The number of hydrogen-bond donors (Lipinski definition) is 2. The number of sulfonamides is 2. The lowest BCUT2D eigenvalue weighted by Gasteiger charge is -2.38. The molecule has 3 atom stereocenters. The monoisotopic (exact) mass is 623 g/mol. The molecule has 1 amide bonds. The summed E-state index contributed by atoms with van der Waals surface area (Å²) in [5, 5.41) is 9.86. The van der Waals surface area contributed by atoms with Crippen molar-refractivity contribution in [2.24, 2.45) is 5.92 Å². The molecule has 3 aromatic rings.